The normalized spacial score (nSPS) is 11.2. The molecule has 1 aromatic heterocycles. The molecule has 0 atom stereocenters. The summed E-state index contributed by atoms with van der Waals surface area (Å²) in [7, 11) is 4.51. The van der Waals surface area contributed by atoms with Gasteiger partial charge in [0, 0.05) is 17.4 Å². The van der Waals surface area contributed by atoms with Gasteiger partial charge in [0.05, 0.1) is 39.1 Å². The van der Waals surface area contributed by atoms with E-state index >= 15 is 0 Å². The van der Waals surface area contributed by atoms with Crippen LogP contribution < -0.4 is 19.5 Å². The van der Waals surface area contributed by atoms with Crippen LogP contribution >= 0.6 is 11.8 Å². The fourth-order valence-corrected chi connectivity index (χ4v) is 4.66. The molecule has 0 unspecified atom stereocenters. The van der Waals surface area contributed by atoms with Crippen molar-refractivity contribution in [2.45, 2.75) is 23.6 Å². The summed E-state index contributed by atoms with van der Waals surface area (Å²) in [6.45, 7) is 0.00747. The van der Waals surface area contributed by atoms with E-state index < -0.39 is 11.7 Å². The standard InChI is InChI=1S/C27H25F3N4O4S/c1-36-20-12-18(13-21(14-20)37-2)25(35)31-15-24-32-33-26(34(24)22-9-4-5-10-23(22)38-3)39-16-17-7-6-8-19(11-17)27(28,29)30/h4-14H,15-16H2,1-3H3,(H,31,35). The van der Waals surface area contributed by atoms with E-state index in [9.17, 15) is 18.0 Å². The number of para-hydroxylation sites is 2. The van der Waals surface area contributed by atoms with Crippen LogP contribution in [0.3, 0.4) is 0 Å². The third kappa shape index (κ3) is 6.63. The second-order valence-corrected chi connectivity index (χ2v) is 9.12. The Morgan fingerprint density at radius 1 is 0.923 bits per heavy atom. The van der Waals surface area contributed by atoms with E-state index in [1.807, 2.05) is 6.07 Å². The minimum atomic E-state index is -4.43. The summed E-state index contributed by atoms with van der Waals surface area (Å²) < 4.78 is 57.2. The Bertz CT molecular complexity index is 1440. The third-order valence-corrected chi connectivity index (χ3v) is 6.67. The minimum absolute atomic E-state index is 0.00747. The SMILES string of the molecule is COc1cc(OC)cc(C(=O)NCc2nnc(SCc3cccc(C(F)(F)F)c3)n2-c2ccccc2OC)c1. The predicted molar refractivity (Wildman–Crippen MR) is 140 cm³/mol. The number of hydrogen-bond donors (Lipinski definition) is 1. The zero-order valence-corrected chi connectivity index (χ0v) is 22.1. The maximum absolute atomic E-state index is 13.2. The second kappa shape index (κ2) is 12.1. The van der Waals surface area contributed by atoms with E-state index in [2.05, 4.69) is 15.5 Å². The summed E-state index contributed by atoms with van der Waals surface area (Å²) in [5, 5.41) is 11.8. The molecule has 204 valence electrons. The third-order valence-electron chi connectivity index (χ3n) is 5.67. The number of aromatic nitrogens is 3. The first-order valence-corrected chi connectivity index (χ1v) is 12.6. The second-order valence-electron chi connectivity index (χ2n) is 8.18. The molecule has 0 radical (unpaired) electrons. The molecule has 0 aliphatic heterocycles. The summed E-state index contributed by atoms with van der Waals surface area (Å²) in [5.74, 6) is 1.68. The van der Waals surface area contributed by atoms with Crippen LogP contribution in [0.1, 0.15) is 27.3 Å². The zero-order valence-electron chi connectivity index (χ0n) is 21.3. The number of methoxy groups -OCH3 is 3. The van der Waals surface area contributed by atoms with Crippen molar-refractivity contribution < 1.29 is 32.2 Å². The van der Waals surface area contributed by atoms with Crippen LogP contribution in [0, 0.1) is 0 Å². The molecular formula is C27H25F3N4O4S. The van der Waals surface area contributed by atoms with Crippen LogP contribution in [0.15, 0.2) is 71.9 Å². The Labute approximate surface area is 227 Å². The van der Waals surface area contributed by atoms with E-state index in [0.29, 0.717) is 45.0 Å². The van der Waals surface area contributed by atoms with Gasteiger partial charge >= 0.3 is 6.18 Å². The minimum Gasteiger partial charge on any atom is -0.497 e. The van der Waals surface area contributed by atoms with Crippen molar-refractivity contribution in [3.8, 4) is 22.9 Å². The molecule has 8 nitrogen and oxygen atoms in total. The number of carbonyl (C=O) groups excluding carboxylic acids is 1. The highest BCUT2D eigenvalue weighted by Crippen LogP contribution is 2.33. The number of nitrogens with one attached hydrogen (secondary N) is 1. The predicted octanol–water partition coefficient (Wildman–Crippen LogP) is 5.53. The van der Waals surface area contributed by atoms with Crippen molar-refractivity contribution in [3.05, 3.63) is 89.2 Å². The summed E-state index contributed by atoms with van der Waals surface area (Å²) in [5.41, 5.74) is 0.702. The molecule has 12 heteroatoms. The molecule has 0 spiro atoms. The number of ether oxygens (including phenoxy) is 3. The summed E-state index contributed by atoms with van der Waals surface area (Å²) in [6.07, 6.45) is -4.43. The molecule has 0 aliphatic carbocycles. The molecule has 39 heavy (non-hydrogen) atoms. The first kappa shape index (κ1) is 27.8. The Kier molecular flexibility index (Phi) is 8.65. The number of amides is 1. The topological polar surface area (TPSA) is 87.5 Å². The summed E-state index contributed by atoms with van der Waals surface area (Å²) >= 11 is 1.22. The molecule has 0 saturated heterocycles. The van der Waals surface area contributed by atoms with Crippen molar-refractivity contribution in [2.24, 2.45) is 0 Å². The van der Waals surface area contributed by atoms with Crippen LogP contribution in [-0.2, 0) is 18.5 Å². The van der Waals surface area contributed by atoms with Crippen molar-refractivity contribution >= 4 is 17.7 Å². The van der Waals surface area contributed by atoms with Gasteiger partial charge in [-0.1, -0.05) is 42.1 Å². The number of alkyl halides is 3. The van der Waals surface area contributed by atoms with E-state index in [0.717, 1.165) is 12.1 Å². The summed E-state index contributed by atoms with van der Waals surface area (Å²) in [6, 6.07) is 17.1. The number of halogens is 3. The van der Waals surface area contributed by atoms with Gasteiger partial charge in [0.2, 0.25) is 0 Å². The molecule has 1 N–H and O–H groups in total. The van der Waals surface area contributed by atoms with Crippen LogP contribution in [-0.4, -0.2) is 42.0 Å². The van der Waals surface area contributed by atoms with Crippen LogP contribution in [0.25, 0.3) is 5.69 Å². The molecule has 4 rings (SSSR count). The fourth-order valence-electron chi connectivity index (χ4n) is 3.75. The fraction of sp³-hybridized carbons (Fsp3) is 0.222. The molecule has 0 bridgehead atoms. The van der Waals surface area contributed by atoms with E-state index in [-0.39, 0.29) is 18.2 Å². The molecule has 1 amide bonds. The van der Waals surface area contributed by atoms with E-state index in [1.54, 1.807) is 47.0 Å². The average Bonchev–Trinajstić information content (AvgIpc) is 3.36. The Morgan fingerprint density at radius 2 is 1.64 bits per heavy atom. The molecule has 0 aliphatic rings. The van der Waals surface area contributed by atoms with Gasteiger partial charge in [-0.05, 0) is 35.9 Å². The first-order valence-electron chi connectivity index (χ1n) is 11.6. The first-order chi connectivity index (χ1) is 18.7. The smallest absolute Gasteiger partial charge is 0.416 e. The quantitative estimate of drug-likeness (QED) is 0.256. The van der Waals surface area contributed by atoms with Crippen LogP contribution in [0.4, 0.5) is 13.2 Å². The number of carbonyl (C=O) groups is 1. The molecule has 3 aromatic carbocycles. The van der Waals surface area contributed by atoms with E-state index in [1.165, 1.54) is 39.2 Å². The van der Waals surface area contributed by atoms with Crippen molar-refractivity contribution in [2.75, 3.05) is 21.3 Å². The summed E-state index contributed by atoms with van der Waals surface area (Å²) in [4.78, 5) is 13.0. The van der Waals surface area contributed by atoms with Gasteiger partial charge in [-0.3, -0.25) is 9.36 Å². The molecule has 0 saturated carbocycles. The van der Waals surface area contributed by atoms with Crippen molar-refractivity contribution in [1.82, 2.24) is 20.1 Å². The van der Waals surface area contributed by atoms with Crippen molar-refractivity contribution in [3.63, 3.8) is 0 Å². The Morgan fingerprint density at radius 3 is 2.31 bits per heavy atom. The lowest BCUT2D eigenvalue weighted by Crippen LogP contribution is -2.24. The maximum atomic E-state index is 13.2. The maximum Gasteiger partial charge on any atom is 0.416 e. The van der Waals surface area contributed by atoms with Crippen LogP contribution in [0.2, 0.25) is 0 Å². The number of rotatable bonds is 10. The highest BCUT2D eigenvalue weighted by atomic mass is 32.2. The largest absolute Gasteiger partial charge is 0.497 e. The van der Waals surface area contributed by atoms with Gasteiger partial charge in [0.1, 0.15) is 17.2 Å². The zero-order chi connectivity index (χ0) is 28.0. The van der Waals surface area contributed by atoms with Gasteiger partial charge in [-0.15, -0.1) is 10.2 Å². The van der Waals surface area contributed by atoms with Gasteiger partial charge in [0.25, 0.3) is 5.91 Å². The average molecular weight is 559 g/mol. The van der Waals surface area contributed by atoms with Crippen LogP contribution in [0.5, 0.6) is 17.2 Å². The Balaban J connectivity index is 1.61. The molecule has 4 aromatic rings. The van der Waals surface area contributed by atoms with Gasteiger partial charge in [0.15, 0.2) is 11.0 Å². The highest BCUT2D eigenvalue weighted by molar-refractivity contribution is 7.98. The monoisotopic (exact) mass is 558 g/mol. The molecule has 0 fully saturated rings. The number of benzene rings is 3. The lowest BCUT2D eigenvalue weighted by atomic mass is 10.1. The molecular weight excluding hydrogens is 533 g/mol. The lowest BCUT2D eigenvalue weighted by Gasteiger charge is -2.14. The van der Waals surface area contributed by atoms with Crippen molar-refractivity contribution in [1.29, 1.82) is 0 Å². The number of thioether (sulfide) groups is 1. The lowest BCUT2D eigenvalue weighted by molar-refractivity contribution is -0.137. The Hall–Kier alpha value is -4.19. The van der Waals surface area contributed by atoms with Gasteiger partial charge < -0.3 is 19.5 Å². The number of nitrogens with zero attached hydrogens (tertiary/aromatic N) is 3. The van der Waals surface area contributed by atoms with Gasteiger partial charge in [-0.25, -0.2) is 0 Å². The highest BCUT2D eigenvalue weighted by Gasteiger charge is 2.30. The number of hydrogen-bond acceptors (Lipinski definition) is 7. The van der Waals surface area contributed by atoms with E-state index in [4.69, 9.17) is 14.2 Å². The molecule has 1 heterocycles. The van der Waals surface area contributed by atoms with Gasteiger partial charge in [-0.2, -0.15) is 13.2 Å².